The second kappa shape index (κ2) is 7.72. The van der Waals surface area contributed by atoms with Crippen LogP contribution in [0, 0.1) is 12.8 Å². The van der Waals surface area contributed by atoms with Crippen LogP contribution in [0.3, 0.4) is 0 Å². The van der Waals surface area contributed by atoms with E-state index < -0.39 is 0 Å². The normalized spacial score (nSPS) is 18.9. The molecule has 2 saturated heterocycles. The summed E-state index contributed by atoms with van der Waals surface area (Å²) >= 11 is 0. The van der Waals surface area contributed by atoms with Crippen LogP contribution in [0.15, 0.2) is 28.9 Å². The topological polar surface area (TPSA) is 63.0 Å². The first-order valence-corrected chi connectivity index (χ1v) is 9.73. The fraction of sp³-hybridized carbons (Fsp3) is 0.524. The lowest BCUT2D eigenvalue weighted by atomic mass is 9.94. The van der Waals surface area contributed by atoms with E-state index in [2.05, 4.69) is 0 Å². The maximum atomic E-state index is 12.7. The highest BCUT2D eigenvalue weighted by atomic mass is 16.5. The number of amides is 2. The molecule has 1 aromatic carbocycles. The van der Waals surface area contributed by atoms with Crippen LogP contribution in [-0.2, 0) is 20.7 Å². The van der Waals surface area contributed by atoms with Crippen molar-refractivity contribution in [1.29, 1.82) is 0 Å². The summed E-state index contributed by atoms with van der Waals surface area (Å²) in [6.45, 7) is 5.94. The molecular formula is C21H26N2O4. The predicted octanol–water partition coefficient (Wildman–Crippen LogP) is 2.38. The number of hydrogen-bond acceptors (Lipinski definition) is 4. The van der Waals surface area contributed by atoms with Gasteiger partial charge in [0, 0.05) is 43.0 Å². The van der Waals surface area contributed by atoms with Gasteiger partial charge < -0.3 is 19.0 Å². The Kier molecular flexibility index (Phi) is 5.16. The molecule has 0 bridgehead atoms. The van der Waals surface area contributed by atoms with E-state index in [9.17, 15) is 9.59 Å². The van der Waals surface area contributed by atoms with Crippen molar-refractivity contribution in [2.24, 2.45) is 5.92 Å². The molecular weight excluding hydrogens is 344 g/mol. The molecule has 3 heterocycles. The van der Waals surface area contributed by atoms with E-state index in [0.717, 1.165) is 34.9 Å². The molecule has 6 heteroatoms. The molecule has 27 heavy (non-hydrogen) atoms. The summed E-state index contributed by atoms with van der Waals surface area (Å²) in [6, 6.07) is 6.05. The molecule has 2 aliphatic rings. The number of ether oxygens (including phenoxy) is 1. The summed E-state index contributed by atoms with van der Waals surface area (Å²) < 4.78 is 10.9. The van der Waals surface area contributed by atoms with Crippen molar-refractivity contribution in [3.05, 3.63) is 35.6 Å². The molecule has 6 nitrogen and oxygen atoms in total. The zero-order valence-corrected chi connectivity index (χ0v) is 15.8. The highest BCUT2D eigenvalue weighted by Gasteiger charge is 2.31. The number of likely N-dealkylation sites (tertiary alicyclic amines) is 1. The maximum Gasteiger partial charge on any atom is 0.227 e. The minimum Gasteiger partial charge on any atom is -0.464 e. The Bertz CT molecular complexity index is 830. The number of furan rings is 1. The third kappa shape index (κ3) is 3.86. The fourth-order valence-electron chi connectivity index (χ4n) is 4.02. The number of fused-ring (bicyclic) bond motifs is 1. The molecule has 144 valence electrons. The van der Waals surface area contributed by atoms with E-state index in [0.29, 0.717) is 45.8 Å². The Hall–Kier alpha value is -2.34. The highest BCUT2D eigenvalue weighted by Crippen LogP contribution is 2.25. The van der Waals surface area contributed by atoms with Crippen molar-refractivity contribution in [1.82, 2.24) is 9.80 Å². The zero-order chi connectivity index (χ0) is 18.8. The van der Waals surface area contributed by atoms with Crippen LogP contribution in [-0.4, -0.2) is 61.0 Å². The summed E-state index contributed by atoms with van der Waals surface area (Å²) in [6.07, 6.45) is 3.52. The first-order chi connectivity index (χ1) is 13.1. The van der Waals surface area contributed by atoms with Gasteiger partial charge in [-0.3, -0.25) is 9.59 Å². The lowest BCUT2D eigenvalue weighted by Crippen LogP contribution is -2.47. The first kappa shape index (κ1) is 18.0. The van der Waals surface area contributed by atoms with E-state index in [1.807, 2.05) is 34.9 Å². The van der Waals surface area contributed by atoms with Crippen molar-refractivity contribution in [3.63, 3.8) is 0 Å². The minimum absolute atomic E-state index is 0.0323. The molecule has 4 rings (SSSR count). The van der Waals surface area contributed by atoms with Gasteiger partial charge in [-0.2, -0.15) is 0 Å². The lowest BCUT2D eigenvalue weighted by Gasteiger charge is -2.35. The Morgan fingerprint density at radius 1 is 1.07 bits per heavy atom. The number of piperidine rings is 1. The molecule has 0 N–H and O–H groups in total. The second-order valence-corrected chi connectivity index (χ2v) is 7.53. The fourth-order valence-corrected chi connectivity index (χ4v) is 4.02. The van der Waals surface area contributed by atoms with Gasteiger partial charge in [0.05, 0.1) is 25.9 Å². The SMILES string of the molecule is Cc1ccc2c(CC(=O)N3CCC(C(=O)N4CCOCC4)CC3)coc2c1. The van der Waals surface area contributed by atoms with Gasteiger partial charge >= 0.3 is 0 Å². The number of carbonyl (C=O) groups is 2. The van der Waals surface area contributed by atoms with Crippen molar-refractivity contribution in [2.45, 2.75) is 26.2 Å². The molecule has 2 fully saturated rings. The van der Waals surface area contributed by atoms with Gasteiger partial charge in [-0.1, -0.05) is 12.1 Å². The molecule has 0 spiro atoms. The average Bonchev–Trinajstić information content (AvgIpc) is 3.10. The van der Waals surface area contributed by atoms with Crippen molar-refractivity contribution >= 4 is 22.8 Å². The van der Waals surface area contributed by atoms with Gasteiger partial charge in [-0.25, -0.2) is 0 Å². The number of carbonyl (C=O) groups excluding carboxylic acids is 2. The van der Waals surface area contributed by atoms with Crippen LogP contribution in [0.4, 0.5) is 0 Å². The van der Waals surface area contributed by atoms with Crippen LogP contribution in [0.1, 0.15) is 24.0 Å². The van der Waals surface area contributed by atoms with Crippen LogP contribution < -0.4 is 0 Å². The molecule has 2 aliphatic heterocycles. The highest BCUT2D eigenvalue weighted by molar-refractivity contribution is 5.88. The number of nitrogens with zero attached hydrogens (tertiary/aromatic N) is 2. The quantitative estimate of drug-likeness (QED) is 0.832. The lowest BCUT2D eigenvalue weighted by molar-refractivity contribution is -0.143. The van der Waals surface area contributed by atoms with Crippen LogP contribution >= 0.6 is 0 Å². The molecule has 0 aliphatic carbocycles. The van der Waals surface area contributed by atoms with E-state index in [1.54, 1.807) is 6.26 Å². The Morgan fingerprint density at radius 2 is 1.81 bits per heavy atom. The van der Waals surface area contributed by atoms with Crippen LogP contribution in [0.2, 0.25) is 0 Å². The van der Waals surface area contributed by atoms with E-state index in [-0.39, 0.29) is 17.7 Å². The van der Waals surface area contributed by atoms with Gasteiger partial charge in [-0.05, 0) is 31.4 Å². The molecule has 0 atom stereocenters. The molecule has 0 radical (unpaired) electrons. The smallest absolute Gasteiger partial charge is 0.227 e. The first-order valence-electron chi connectivity index (χ1n) is 9.73. The standard InChI is InChI=1S/C21H26N2O4/c1-15-2-3-18-17(14-27-19(18)12-15)13-20(24)22-6-4-16(5-7-22)21(25)23-8-10-26-11-9-23/h2-3,12,14,16H,4-11,13H2,1H3. The number of benzene rings is 1. The maximum absolute atomic E-state index is 12.7. The number of morpholine rings is 1. The Morgan fingerprint density at radius 3 is 2.56 bits per heavy atom. The summed E-state index contributed by atoms with van der Waals surface area (Å²) in [5.41, 5.74) is 2.90. The predicted molar refractivity (Wildman–Crippen MR) is 101 cm³/mol. The molecule has 2 amide bonds. The van der Waals surface area contributed by atoms with Crippen LogP contribution in [0.25, 0.3) is 11.0 Å². The minimum atomic E-state index is 0.0323. The summed E-state index contributed by atoms with van der Waals surface area (Å²) in [5.74, 6) is 0.363. The summed E-state index contributed by atoms with van der Waals surface area (Å²) in [5, 5.41) is 1.01. The van der Waals surface area contributed by atoms with Gasteiger partial charge in [0.25, 0.3) is 0 Å². The molecule has 2 aromatic rings. The summed E-state index contributed by atoms with van der Waals surface area (Å²) in [7, 11) is 0. The molecule has 1 aromatic heterocycles. The largest absolute Gasteiger partial charge is 0.464 e. The van der Waals surface area contributed by atoms with E-state index >= 15 is 0 Å². The van der Waals surface area contributed by atoms with Crippen molar-refractivity contribution < 1.29 is 18.7 Å². The second-order valence-electron chi connectivity index (χ2n) is 7.53. The van der Waals surface area contributed by atoms with Crippen LogP contribution in [0.5, 0.6) is 0 Å². The van der Waals surface area contributed by atoms with Crippen molar-refractivity contribution in [3.8, 4) is 0 Å². The van der Waals surface area contributed by atoms with Gasteiger partial charge in [0.15, 0.2) is 0 Å². The third-order valence-corrected chi connectivity index (χ3v) is 5.67. The van der Waals surface area contributed by atoms with E-state index in [1.165, 1.54) is 0 Å². The zero-order valence-electron chi connectivity index (χ0n) is 15.8. The Labute approximate surface area is 159 Å². The molecule has 0 saturated carbocycles. The molecule has 0 unspecified atom stereocenters. The average molecular weight is 370 g/mol. The van der Waals surface area contributed by atoms with Crippen molar-refractivity contribution in [2.75, 3.05) is 39.4 Å². The number of rotatable bonds is 3. The van der Waals surface area contributed by atoms with Gasteiger partial charge in [0.2, 0.25) is 11.8 Å². The number of aryl methyl sites for hydroxylation is 1. The Balaban J connectivity index is 1.33. The number of hydrogen-bond donors (Lipinski definition) is 0. The monoisotopic (exact) mass is 370 g/mol. The summed E-state index contributed by atoms with van der Waals surface area (Å²) in [4.78, 5) is 29.1. The third-order valence-electron chi connectivity index (χ3n) is 5.67. The van der Waals surface area contributed by atoms with Gasteiger partial charge in [0.1, 0.15) is 5.58 Å². The van der Waals surface area contributed by atoms with Gasteiger partial charge in [-0.15, -0.1) is 0 Å². The van der Waals surface area contributed by atoms with E-state index in [4.69, 9.17) is 9.15 Å².